The molecule has 0 fully saturated rings. The van der Waals surface area contributed by atoms with Crippen molar-refractivity contribution in [2.45, 2.75) is 40.0 Å². The highest BCUT2D eigenvalue weighted by Gasteiger charge is 2.45. The van der Waals surface area contributed by atoms with Gasteiger partial charge in [0.15, 0.2) is 5.34 Å². The van der Waals surface area contributed by atoms with E-state index >= 15 is 0 Å². The van der Waals surface area contributed by atoms with Crippen LogP contribution in [-0.4, -0.2) is 15.2 Å². The molecule has 0 radical (unpaired) electrons. The van der Waals surface area contributed by atoms with Crippen molar-refractivity contribution in [2.24, 2.45) is 11.8 Å². The van der Waals surface area contributed by atoms with Crippen LogP contribution in [0.3, 0.4) is 0 Å². The molecule has 0 bridgehead atoms. The smallest absolute Gasteiger partial charge is 0.243 e. The maximum atomic E-state index is 12.0. The molecule has 128 valence electrons. The summed E-state index contributed by atoms with van der Waals surface area (Å²) in [5.41, 5.74) is 0.709. The van der Waals surface area contributed by atoms with Crippen molar-refractivity contribution in [3.63, 3.8) is 0 Å². The van der Waals surface area contributed by atoms with Gasteiger partial charge in [0.1, 0.15) is 5.75 Å². The molecule has 0 aromatic heterocycles. The number of ether oxygens (including phenoxy) is 1. The second kappa shape index (κ2) is 7.75. The number of nitro groups is 1. The van der Waals surface area contributed by atoms with Crippen LogP contribution < -0.4 is 4.74 Å². The predicted molar refractivity (Wildman–Crippen MR) is 91.3 cm³/mol. The van der Waals surface area contributed by atoms with Crippen LogP contribution in [0.15, 0.2) is 30.0 Å². The third-order valence-electron chi connectivity index (χ3n) is 3.88. The van der Waals surface area contributed by atoms with Crippen LogP contribution in [0.25, 0.3) is 6.08 Å². The monoisotopic (exact) mass is 341 g/mol. The lowest BCUT2D eigenvalue weighted by Gasteiger charge is -2.38. The Morgan fingerprint density at radius 2 is 1.74 bits per heavy atom. The van der Waals surface area contributed by atoms with E-state index in [-0.39, 0.29) is 17.5 Å². The molecule has 0 amide bonds. The van der Waals surface area contributed by atoms with E-state index in [1.54, 1.807) is 24.3 Å². The van der Waals surface area contributed by atoms with Gasteiger partial charge in [-0.25, -0.2) is 0 Å². The van der Waals surface area contributed by atoms with Gasteiger partial charge in [0.2, 0.25) is 13.7 Å². The van der Waals surface area contributed by atoms with Crippen LogP contribution in [0.4, 0.5) is 0 Å². The Hall–Kier alpha value is -1.65. The first-order valence-corrected chi connectivity index (χ1v) is 8.82. The van der Waals surface area contributed by atoms with Crippen molar-refractivity contribution in [3.05, 3.63) is 45.6 Å². The lowest BCUT2D eigenvalue weighted by molar-refractivity contribution is -0.422. The largest absolute Gasteiger partial charge is 0.477 e. The number of benzene rings is 1. The minimum Gasteiger partial charge on any atom is -0.477 e. The molecule has 0 heterocycles. The van der Waals surface area contributed by atoms with Gasteiger partial charge in [-0.2, -0.15) is 0 Å². The molecule has 1 rings (SSSR count). The molecule has 0 aliphatic carbocycles. The van der Waals surface area contributed by atoms with Crippen molar-refractivity contribution in [3.8, 4) is 5.75 Å². The molecule has 0 saturated heterocycles. The summed E-state index contributed by atoms with van der Waals surface area (Å²) in [7, 11) is -2.94. The van der Waals surface area contributed by atoms with E-state index in [9.17, 15) is 19.6 Å². The average molecular weight is 341 g/mol. The maximum absolute atomic E-state index is 12.0. The number of nitrogens with zero attached hydrogens (tertiary/aromatic N) is 1. The van der Waals surface area contributed by atoms with Crippen molar-refractivity contribution < 1.29 is 19.1 Å². The standard InChI is InChI=1S/C16H24NO5P/c1-11(2)16(12(3)4,23(20)21)22-15-8-6-14(7-9-15)10-13(5)17(18)19/h6-12,23H,1-5H3,(H,20,21)/b13-10+. The molecular formula is C16H24NO5P. The van der Waals surface area contributed by atoms with Crippen molar-refractivity contribution in [2.75, 3.05) is 0 Å². The van der Waals surface area contributed by atoms with Gasteiger partial charge in [0, 0.05) is 24.8 Å². The summed E-state index contributed by atoms with van der Waals surface area (Å²) < 4.78 is 17.9. The van der Waals surface area contributed by atoms with Crippen LogP contribution in [0.1, 0.15) is 40.2 Å². The Balaban J connectivity index is 3.11. The topological polar surface area (TPSA) is 89.7 Å². The zero-order valence-electron chi connectivity index (χ0n) is 14.1. The summed E-state index contributed by atoms with van der Waals surface area (Å²) in [5, 5.41) is 9.50. The molecule has 1 aromatic carbocycles. The van der Waals surface area contributed by atoms with E-state index in [2.05, 4.69) is 0 Å². The van der Waals surface area contributed by atoms with E-state index in [1.807, 2.05) is 27.7 Å². The molecule has 1 atom stereocenters. The third kappa shape index (κ3) is 4.43. The SMILES string of the molecule is C/C(=C\c1ccc(OC(C(C)C)(C(C)C)[PH](=O)O)cc1)[N+](=O)[O-]. The zero-order valence-corrected chi connectivity index (χ0v) is 15.1. The first-order chi connectivity index (χ1) is 10.6. The highest BCUT2D eigenvalue weighted by molar-refractivity contribution is 7.39. The van der Waals surface area contributed by atoms with Gasteiger partial charge in [-0.15, -0.1) is 0 Å². The second-order valence-electron chi connectivity index (χ2n) is 6.12. The molecular weight excluding hydrogens is 317 g/mol. The van der Waals surface area contributed by atoms with Crippen LogP contribution in [0.5, 0.6) is 5.75 Å². The Morgan fingerprint density at radius 1 is 1.26 bits per heavy atom. The quantitative estimate of drug-likeness (QED) is 0.456. The molecule has 0 aliphatic heterocycles. The average Bonchev–Trinajstić information content (AvgIpc) is 2.45. The van der Waals surface area contributed by atoms with E-state index in [1.165, 1.54) is 13.0 Å². The minimum absolute atomic E-state index is 0.0396. The van der Waals surface area contributed by atoms with Gasteiger partial charge in [0.25, 0.3) is 0 Å². The fourth-order valence-electron chi connectivity index (χ4n) is 2.56. The molecule has 6 nitrogen and oxygen atoms in total. The molecule has 23 heavy (non-hydrogen) atoms. The van der Waals surface area contributed by atoms with Gasteiger partial charge in [0.05, 0.1) is 4.92 Å². The molecule has 1 unspecified atom stereocenters. The summed E-state index contributed by atoms with van der Waals surface area (Å²) in [4.78, 5) is 20.0. The van der Waals surface area contributed by atoms with Gasteiger partial charge in [-0.1, -0.05) is 39.8 Å². The van der Waals surface area contributed by atoms with E-state index < -0.39 is 18.3 Å². The highest BCUT2D eigenvalue weighted by atomic mass is 31.1. The lowest BCUT2D eigenvalue weighted by Crippen LogP contribution is -2.43. The third-order valence-corrected chi connectivity index (χ3v) is 5.81. The van der Waals surface area contributed by atoms with Gasteiger partial charge in [-0.05, 0) is 17.7 Å². The Kier molecular flexibility index (Phi) is 6.54. The first-order valence-electron chi connectivity index (χ1n) is 7.46. The summed E-state index contributed by atoms with van der Waals surface area (Å²) in [6.07, 6.45) is 1.46. The number of rotatable bonds is 7. The maximum Gasteiger partial charge on any atom is 0.243 e. The van der Waals surface area contributed by atoms with Gasteiger partial charge in [-0.3, -0.25) is 14.7 Å². The van der Waals surface area contributed by atoms with Crippen molar-refractivity contribution in [1.82, 2.24) is 0 Å². The summed E-state index contributed by atoms with van der Waals surface area (Å²) >= 11 is 0. The molecule has 1 N–H and O–H groups in total. The predicted octanol–water partition coefficient (Wildman–Crippen LogP) is 4.18. The van der Waals surface area contributed by atoms with Gasteiger partial charge < -0.3 is 9.63 Å². The Bertz CT molecular complexity index is 599. The highest BCUT2D eigenvalue weighted by Crippen LogP contribution is 2.48. The van der Waals surface area contributed by atoms with Crippen molar-refractivity contribution in [1.29, 1.82) is 0 Å². The van der Waals surface area contributed by atoms with E-state index in [4.69, 9.17) is 4.74 Å². The summed E-state index contributed by atoms with van der Waals surface area (Å²) in [5.74, 6) is 0.182. The second-order valence-corrected chi connectivity index (χ2v) is 7.51. The zero-order chi connectivity index (χ0) is 17.8. The molecule has 0 saturated carbocycles. The number of allylic oxidation sites excluding steroid dienone is 1. The van der Waals surface area contributed by atoms with Crippen LogP contribution in [-0.2, 0) is 4.57 Å². The fraction of sp³-hybridized carbons (Fsp3) is 0.500. The van der Waals surface area contributed by atoms with Crippen LogP contribution in [0.2, 0.25) is 0 Å². The number of hydrogen-bond donors (Lipinski definition) is 1. The molecule has 7 heteroatoms. The lowest BCUT2D eigenvalue weighted by atomic mass is 9.95. The van der Waals surface area contributed by atoms with Crippen molar-refractivity contribution >= 4 is 14.1 Å². The van der Waals surface area contributed by atoms with Crippen LogP contribution >= 0.6 is 8.03 Å². The molecule has 0 aliphatic rings. The minimum atomic E-state index is -2.94. The summed E-state index contributed by atoms with van der Waals surface area (Å²) in [6.45, 7) is 8.85. The normalized spacial score (nSPS) is 14.2. The molecule has 0 spiro atoms. The summed E-state index contributed by atoms with van der Waals surface area (Å²) in [6, 6.07) is 6.68. The van der Waals surface area contributed by atoms with Crippen LogP contribution in [0, 0.1) is 22.0 Å². The number of hydrogen-bond acceptors (Lipinski definition) is 4. The molecule has 1 aromatic rings. The van der Waals surface area contributed by atoms with E-state index in [0.29, 0.717) is 11.3 Å². The van der Waals surface area contributed by atoms with Gasteiger partial charge >= 0.3 is 0 Å². The van der Waals surface area contributed by atoms with E-state index in [0.717, 1.165) is 0 Å². The fourth-order valence-corrected chi connectivity index (χ4v) is 3.75. The Morgan fingerprint density at radius 3 is 2.09 bits per heavy atom. The Labute approximate surface area is 137 Å². The first kappa shape index (κ1) is 19.4.